The maximum atomic E-state index is 10.8. The lowest BCUT2D eigenvalue weighted by Crippen LogP contribution is -1.96. The molecule has 2 aromatic heterocycles. The van der Waals surface area contributed by atoms with Crippen LogP contribution >= 0.6 is 0 Å². The van der Waals surface area contributed by atoms with Gasteiger partial charge in [0.25, 0.3) is 5.69 Å². The van der Waals surface area contributed by atoms with Gasteiger partial charge >= 0.3 is 0 Å². The Hall–Kier alpha value is -3.03. The molecule has 0 aliphatic carbocycles. The fraction of sp³-hybridized carbons (Fsp3) is 0.154. The first-order valence-electron chi connectivity index (χ1n) is 6.21. The van der Waals surface area contributed by atoms with E-state index in [-0.39, 0.29) is 5.69 Å². The summed E-state index contributed by atoms with van der Waals surface area (Å²) in [6.45, 7) is 0. The number of fused-ring (bicyclic) bond motifs is 1. The molecule has 0 fully saturated rings. The van der Waals surface area contributed by atoms with Crippen LogP contribution in [-0.2, 0) is 13.5 Å². The minimum atomic E-state index is -0.419. The molecule has 21 heavy (non-hydrogen) atoms. The number of rotatable bonds is 3. The average molecular weight is 284 g/mol. The van der Waals surface area contributed by atoms with E-state index in [9.17, 15) is 10.1 Å². The Kier molecular flexibility index (Phi) is 2.98. The van der Waals surface area contributed by atoms with Crippen LogP contribution in [0.3, 0.4) is 0 Å². The molecule has 2 N–H and O–H groups in total. The van der Waals surface area contributed by atoms with E-state index < -0.39 is 4.92 Å². The second-order valence-corrected chi connectivity index (χ2v) is 4.63. The standard InChI is InChI=1S/C13H12N6O2/c1-18-13-11(12(14)15-7-16-13)10(17-18)6-8-3-2-4-9(5-8)19(20)21/h2-5,7H,6H2,1H3,(H2,14,15,16). The van der Waals surface area contributed by atoms with Gasteiger partial charge in [0.15, 0.2) is 5.65 Å². The number of aromatic nitrogens is 4. The second kappa shape index (κ2) is 4.82. The van der Waals surface area contributed by atoms with E-state index in [1.54, 1.807) is 17.8 Å². The zero-order chi connectivity index (χ0) is 15.0. The van der Waals surface area contributed by atoms with Crippen LogP contribution in [0.25, 0.3) is 11.0 Å². The van der Waals surface area contributed by atoms with Gasteiger partial charge in [0.2, 0.25) is 0 Å². The van der Waals surface area contributed by atoms with Gasteiger partial charge in [0.1, 0.15) is 12.1 Å². The normalized spacial score (nSPS) is 10.9. The van der Waals surface area contributed by atoms with Crippen LogP contribution in [0.4, 0.5) is 11.5 Å². The van der Waals surface area contributed by atoms with Crippen LogP contribution in [0, 0.1) is 10.1 Å². The van der Waals surface area contributed by atoms with E-state index in [0.29, 0.717) is 29.0 Å². The predicted octanol–water partition coefficient (Wildman–Crippen LogP) is 1.44. The SMILES string of the molecule is Cn1nc(Cc2cccc([N+](=O)[O-])c2)c2c(N)ncnc21. The Labute approximate surface area is 119 Å². The van der Waals surface area contributed by atoms with E-state index in [4.69, 9.17) is 5.73 Å². The number of anilines is 1. The third-order valence-electron chi connectivity index (χ3n) is 3.22. The van der Waals surface area contributed by atoms with Gasteiger partial charge in [-0.25, -0.2) is 9.97 Å². The van der Waals surface area contributed by atoms with Gasteiger partial charge in [0.05, 0.1) is 16.0 Å². The molecule has 0 aliphatic heterocycles. The summed E-state index contributed by atoms with van der Waals surface area (Å²) < 4.78 is 1.63. The molecule has 8 heteroatoms. The molecule has 0 radical (unpaired) electrons. The summed E-state index contributed by atoms with van der Waals surface area (Å²) in [5, 5.41) is 15.9. The average Bonchev–Trinajstić information content (AvgIpc) is 2.77. The van der Waals surface area contributed by atoms with Gasteiger partial charge in [-0.2, -0.15) is 5.10 Å². The van der Waals surface area contributed by atoms with Crippen LogP contribution < -0.4 is 5.73 Å². The molecule has 0 atom stereocenters. The van der Waals surface area contributed by atoms with Crippen molar-refractivity contribution >= 4 is 22.5 Å². The van der Waals surface area contributed by atoms with E-state index in [2.05, 4.69) is 15.1 Å². The number of nitro benzene ring substituents is 1. The lowest BCUT2D eigenvalue weighted by molar-refractivity contribution is -0.384. The number of hydrogen-bond acceptors (Lipinski definition) is 6. The quantitative estimate of drug-likeness (QED) is 0.575. The number of nitrogens with zero attached hydrogens (tertiary/aromatic N) is 5. The molecule has 3 rings (SSSR count). The topological polar surface area (TPSA) is 113 Å². The van der Waals surface area contributed by atoms with Crippen molar-refractivity contribution < 1.29 is 4.92 Å². The fourth-order valence-corrected chi connectivity index (χ4v) is 2.29. The van der Waals surface area contributed by atoms with Gasteiger partial charge in [-0.1, -0.05) is 12.1 Å². The Bertz CT molecular complexity index is 842. The monoisotopic (exact) mass is 284 g/mol. The van der Waals surface area contributed by atoms with Crippen LogP contribution in [0.15, 0.2) is 30.6 Å². The first-order chi connectivity index (χ1) is 10.1. The summed E-state index contributed by atoms with van der Waals surface area (Å²) >= 11 is 0. The Balaban J connectivity index is 2.06. The minimum Gasteiger partial charge on any atom is -0.383 e. The lowest BCUT2D eigenvalue weighted by Gasteiger charge is -2.00. The highest BCUT2D eigenvalue weighted by Crippen LogP contribution is 2.24. The summed E-state index contributed by atoms with van der Waals surface area (Å²) in [6, 6.07) is 6.45. The van der Waals surface area contributed by atoms with Crippen molar-refractivity contribution in [2.75, 3.05) is 5.73 Å². The minimum absolute atomic E-state index is 0.0527. The molecule has 2 heterocycles. The first-order valence-corrected chi connectivity index (χ1v) is 6.21. The van der Waals surface area contributed by atoms with E-state index in [1.807, 2.05) is 6.07 Å². The Morgan fingerprint density at radius 3 is 2.95 bits per heavy atom. The zero-order valence-corrected chi connectivity index (χ0v) is 11.2. The number of aryl methyl sites for hydroxylation is 1. The van der Waals surface area contributed by atoms with E-state index in [1.165, 1.54) is 18.5 Å². The van der Waals surface area contributed by atoms with Crippen molar-refractivity contribution in [1.29, 1.82) is 0 Å². The molecule has 0 saturated heterocycles. The highest BCUT2D eigenvalue weighted by Gasteiger charge is 2.15. The molecule has 0 unspecified atom stereocenters. The highest BCUT2D eigenvalue weighted by molar-refractivity contribution is 5.88. The second-order valence-electron chi connectivity index (χ2n) is 4.63. The molecule has 3 aromatic rings. The molecule has 0 bridgehead atoms. The predicted molar refractivity (Wildman–Crippen MR) is 76.6 cm³/mol. The first kappa shape index (κ1) is 13.0. The number of nitro groups is 1. The molecule has 1 aromatic carbocycles. The smallest absolute Gasteiger partial charge is 0.269 e. The van der Waals surface area contributed by atoms with Crippen molar-refractivity contribution in [2.24, 2.45) is 7.05 Å². The van der Waals surface area contributed by atoms with Gasteiger partial charge in [-0.05, 0) is 5.56 Å². The van der Waals surface area contributed by atoms with Crippen LogP contribution in [0.1, 0.15) is 11.3 Å². The number of benzene rings is 1. The van der Waals surface area contributed by atoms with E-state index in [0.717, 1.165) is 5.56 Å². The van der Waals surface area contributed by atoms with Crippen LogP contribution in [0.5, 0.6) is 0 Å². The Morgan fingerprint density at radius 1 is 1.38 bits per heavy atom. The van der Waals surface area contributed by atoms with Gasteiger partial charge in [-0.15, -0.1) is 0 Å². The van der Waals surface area contributed by atoms with Crippen LogP contribution in [-0.4, -0.2) is 24.7 Å². The van der Waals surface area contributed by atoms with Gasteiger partial charge in [-0.3, -0.25) is 14.8 Å². The summed E-state index contributed by atoms with van der Waals surface area (Å²) in [6.07, 6.45) is 1.81. The van der Waals surface area contributed by atoms with Crippen molar-refractivity contribution in [3.63, 3.8) is 0 Å². The summed E-state index contributed by atoms with van der Waals surface area (Å²) in [5.74, 6) is 0.355. The highest BCUT2D eigenvalue weighted by atomic mass is 16.6. The summed E-state index contributed by atoms with van der Waals surface area (Å²) in [4.78, 5) is 18.5. The van der Waals surface area contributed by atoms with Crippen molar-refractivity contribution in [1.82, 2.24) is 19.7 Å². The van der Waals surface area contributed by atoms with Gasteiger partial charge in [0, 0.05) is 25.6 Å². The molecule has 0 saturated carbocycles. The summed E-state index contributed by atoms with van der Waals surface area (Å²) in [5.41, 5.74) is 8.07. The zero-order valence-electron chi connectivity index (χ0n) is 11.2. The van der Waals surface area contributed by atoms with Crippen molar-refractivity contribution in [3.8, 4) is 0 Å². The number of hydrogen-bond donors (Lipinski definition) is 1. The number of nitrogen functional groups attached to an aromatic ring is 1. The molecule has 8 nitrogen and oxygen atoms in total. The maximum Gasteiger partial charge on any atom is 0.269 e. The lowest BCUT2D eigenvalue weighted by atomic mass is 10.1. The largest absolute Gasteiger partial charge is 0.383 e. The molecule has 0 aliphatic rings. The molecular weight excluding hydrogens is 272 g/mol. The molecular formula is C13H12N6O2. The van der Waals surface area contributed by atoms with Crippen LogP contribution in [0.2, 0.25) is 0 Å². The molecule has 106 valence electrons. The third kappa shape index (κ3) is 2.27. The van der Waals surface area contributed by atoms with Crippen molar-refractivity contribution in [2.45, 2.75) is 6.42 Å². The summed E-state index contributed by atoms with van der Waals surface area (Å²) in [7, 11) is 1.77. The van der Waals surface area contributed by atoms with E-state index >= 15 is 0 Å². The number of non-ortho nitro benzene ring substituents is 1. The number of nitrogens with two attached hydrogens (primary N) is 1. The molecule has 0 amide bonds. The molecule has 0 spiro atoms. The maximum absolute atomic E-state index is 10.8. The van der Waals surface area contributed by atoms with Crippen molar-refractivity contribution in [3.05, 3.63) is 52.0 Å². The third-order valence-corrected chi connectivity index (χ3v) is 3.22. The van der Waals surface area contributed by atoms with Gasteiger partial charge < -0.3 is 5.73 Å². The fourth-order valence-electron chi connectivity index (χ4n) is 2.29. The Morgan fingerprint density at radius 2 is 2.19 bits per heavy atom.